The topological polar surface area (TPSA) is 73.1 Å². The zero-order valence-electron chi connectivity index (χ0n) is 15.4. The van der Waals surface area contributed by atoms with Crippen molar-refractivity contribution in [3.05, 3.63) is 60.2 Å². The summed E-state index contributed by atoms with van der Waals surface area (Å²) >= 11 is 1.14. The van der Waals surface area contributed by atoms with Gasteiger partial charge in [-0.3, -0.25) is 4.79 Å². The van der Waals surface area contributed by atoms with E-state index in [0.29, 0.717) is 10.8 Å². The van der Waals surface area contributed by atoms with Crippen molar-refractivity contribution < 1.29 is 22.7 Å². The van der Waals surface area contributed by atoms with Crippen LogP contribution >= 0.6 is 11.8 Å². The largest absolute Gasteiger partial charge is 0.573 e. The monoisotopic (exact) mass is 423 g/mol. The lowest BCUT2D eigenvalue weighted by atomic mass is 10.1. The summed E-state index contributed by atoms with van der Waals surface area (Å²) in [7, 11) is 3.31. The van der Waals surface area contributed by atoms with Crippen molar-refractivity contribution in [2.75, 3.05) is 14.1 Å². The summed E-state index contributed by atoms with van der Waals surface area (Å²) in [5.74, 6) is -0.502. The first kappa shape index (κ1) is 20.6. The predicted octanol–water partition coefficient (Wildman–Crippen LogP) is 3.48. The summed E-state index contributed by atoms with van der Waals surface area (Å²) in [5.41, 5.74) is 1.20. The molecule has 0 saturated carbocycles. The van der Waals surface area contributed by atoms with Gasteiger partial charge in [-0.15, -0.1) is 18.3 Å². The second-order valence-electron chi connectivity index (χ2n) is 6.06. The number of benzene rings is 2. The van der Waals surface area contributed by atoms with E-state index >= 15 is 0 Å². The second-order valence-corrected chi connectivity index (χ2v) is 7.13. The Balaban J connectivity index is 1.87. The number of aromatic nitrogens is 4. The molecule has 0 aliphatic heterocycles. The maximum Gasteiger partial charge on any atom is 0.573 e. The van der Waals surface area contributed by atoms with E-state index in [1.165, 1.54) is 33.8 Å². The summed E-state index contributed by atoms with van der Waals surface area (Å²) in [6.45, 7) is 0. The molecule has 0 spiro atoms. The number of amides is 1. The van der Waals surface area contributed by atoms with Crippen molar-refractivity contribution in [2.24, 2.45) is 0 Å². The first-order chi connectivity index (χ1) is 13.7. The number of alkyl halides is 3. The van der Waals surface area contributed by atoms with E-state index in [-0.39, 0.29) is 11.7 Å². The smallest absolute Gasteiger partial charge is 0.406 e. The van der Waals surface area contributed by atoms with E-state index < -0.39 is 11.6 Å². The lowest BCUT2D eigenvalue weighted by Crippen LogP contribution is -2.27. The number of rotatable bonds is 6. The Bertz CT molecular complexity index is 962. The Hall–Kier alpha value is -3.08. The van der Waals surface area contributed by atoms with E-state index in [1.54, 1.807) is 14.1 Å². The van der Waals surface area contributed by atoms with Crippen LogP contribution in [0.15, 0.2) is 59.8 Å². The Morgan fingerprint density at radius 3 is 2.34 bits per heavy atom. The van der Waals surface area contributed by atoms with Gasteiger partial charge in [0.05, 0.1) is 5.69 Å². The van der Waals surface area contributed by atoms with Crippen LogP contribution in [0.2, 0.25) is 0 Å². The SMILES string of the molecule is CN(C)C(=O)[C@@H](Sc1nnnn1-c1ccc(OC(F)(F)F)cc1)c1ccccc1. The van der Waals surface area contributed by atoms with Crippen LogP contribution in [0.1, 0.15) is 10.8 Å². The third-order valence-electron chi connectivity index (χ3n) is 3.75. The minimum absolute atomic E-state index is 0.148. The molecule has 2 aromatic carbocycles. The van der Waals surface area contributed by atoms with E-state index in [9.17, 15) is 18.0 Å². The molecule has 0 aliphatic carbocycles. The van der Waals surface area contributed by atoms with Gasteiger partial charge in [0, 0.05) is 14.1 Å². The molecule has 3 rings (SSSR count). The zero-order chi connectivity index (χ0) is 21.0. The fourth-order valence-electron chi connectivity index (χ4n) is 2.43. The van der Waals surface area contributed by atoms with Crippen molar-refractivity contribution in [2.45, 2.75) is 16.8 Å². The highest BCUT2D eigenvalue weighted by molar-refractivity contribution is 8.00. The number of carbonyl (C=O) groups is 1. The van der Waals surface area contributed by atoms with Gasteiger partial charge in [-0.2, -0.15) is 4.68 Å². The number of hydrogen-bond donors (Lipinski definition) is 0. The van der Waals surface area contributed by atoms with Crippen molar-refractivity contribution in [1.82, 2.24) is 25.1 Å². The van der Waals surface area contributed by atoms with Crippen LogP contribution in [0.5, 0.6) is 5.75 Å². The second kappa shape index (κ2) is 8.52. The fourth-order valence-corrected chi connectivity index (χ4v) is 3.57. The minimum atomic E-state index is -4.77. The molecule has 152 valence electrons. The average molecular weight is 423 g/mol. The molecule has 29 heavy (non-hydrogen) atoms. The molecule has 3 aromatic rings. The standard InChI is InChI=1S/C18H16F3N5O2S/c1-25(2)16(27)15(12-6-4-3-5-7-12)29-17-22-23-24-26(17)13-8-10-14(11-9-13)28-18(19,20)21/h3-11,15H,1-2H3/t15-/m0/s1. The number of tetrazole rings is 1. The Morgan fingerprint density at radius 2 is 1.76 bits per heavy atom. The average Bonchev–Trinajstić information content (AvgIpc) is 3.14. The van der Waals surface area contributed by atoms with E-state index in [2.05, 4.69) is 20.3 Å². The van der Waals surface area contributed by atoms with Gasteiger partial charge in [0.2, 0.25) is 11.1 Å². The summed E-state index contributed by atoms with van der Waals surface area (Å²) in [4.78, 5) is 14.2. The minimum Gasteiger partial charge on any atom is -0.406 e. The van der Waals surface area contributed by atoms with Gasteiger partial charge in [0.15, 0.2) is 0 Å². The molecule has 0 aliphatic rings. The Kier molecular flexibility index (Phi) is 6.06. The fraction of sp³-hybridized carbons (Fsp3) is 0.222. The van der Waals surface area contributed by atoms with Crippen molar-refractivity contribution in [3.63, 3.8) is 0 Å². The van der Waals surface area contributed by atoms with Gasteiger partial charge < -0.3 is 9.64 Å². The molecule has 0 saturated heterocycles. The predicted molar refractivity (Wildman–Crippen MR) is 99.6 cm³/mol. The molecule has 1 aromatic heterocycles. The van der Waals surface area contributed by atoms with Crippen molar-refractivity contribution >= 4 is 17.7 Å². The molecular weight excluding hydrogens is 407 g/mol. The lowest BCUT2D eigenvalue weighted by Gasteiger charge is -2.20. The number of ether oxygens (including phenoxy) is 1. The lowest BCUT2D eigenvalue weighted by molar-refractivity contribution is -0.274. The third-order valence-corrected chi connectivity index (χ3v) is 4.92. The van der Waals surface area contributed by atoms with Crippen LogP contribution in [-0.2, 0) is 4.79 Å². The van der Waals surface area contributed by atoms with Gasteiger partial charge >= 0.3 is 6.36 Å². The molecule has 1 amide bonds. The molecular formula is C18H16F3N5O2S. The van der Waals surface area contributed by atoms with Gasteiger partial charge in [0.25, 0.3) is 0 Å². The van der Waals surface area contributed by atoms with Crippen LogP contribution < -0.4 is 4.74 Å². The molecule has 11 heteroatoms. The first-order valence-corrected chi connectivity index (χ1v) is 9.20. The molecule has 0 bridgehead atoms. The van der Waals surface area contributed by atoms with Gasteiger partial charge in [-0.25, -0.2) is 0 Å². The number of carbonyl (C=O) groups excluding carboxylic acids is 1. The number of thioether (sulfide) groups is 1. The maximum atomic E-state index is 12.7. The van der Waals surface area contributed by atoms with E-state index in [1.807, 2.05) is 30.3 Å². The maximum absolute atomic E-state index is 12.7. The van der Waals surface area contributed by atoms with Crippen molar-refractivity contribution in [1.29, 1.82) is 0 Å². The van der Waals surface area contributed by atoms with Gasteiger partial charge in [0.1, 0.15) is 11.0 Å². The normalized spacial score (nSPS) is 12.4. The third kappa shape index (κ3) is 5.25. The van der Waals surface area contributed by atoms with Crippen LogP contribution in [0.4, 0.5) is 13.2 Å². The highest BCUT2D eigenvalue weighted by Crippen LogP contribution is 2.36. The van der Waals surface area contributed by atoms with E-state index in [0.717, 1.165) is 17.3 Å². The van der Waals surface area contributed by atoms with Crippen LogP contribution in [0.3, 0.4) is 0 Å². The molecule has 0 unspecified atom stereocenters. The van der Waals surface area contributed by atoms with Gasteiger partial charge in [-0.1, -0.05) is 42.1 Å². The van der Waals surface area contributed by atoms with Crippen LogP contribution in [0.25, 0.3) is 5.69 Å². The number of hydrogen-bond acceptors (Lipinski definition) is 6. The first-order valence-electron chi connectivity index (χ1n) is 8.32. The summed E-state index contributed by atoms with van der Waals surface area (Å²) in [6.07, 6.45) is -4.77. The summed E-state index contributed by atoms with van der Waals surface area (Å²) in [5, 5.41) is 11.2. The number of nitrogens with zero attached hydrogens (tertiary/aromatic N) is 5. The molecule has 0 N–H and O–H groups in total. The highest BCUT2D eigenvalue weighted by Gasteiger charge is 2.31. The number of halogens is 3. The van der Waals surface area contributed by atoms with Gasteiger partial charge in [-0.05, 0) is 40.3 Å². The summed E-state index contributed by atoms with van der Waals surface area (Å²) in [6, 6.07) is 14.3. The molecule has 7 nitrogen and oxygen atoms in total. The quantitative estimate of drug-likeness (QED) is 0.566. The molecule has 1 heterocycles. The zero-order valence-corrected chi connectivity index (χ0v) is 16.2. The summed E-state index contributed by atoms with van der Waals surface area (Å²) < 4.78 is 42.2. The Morgan fingerprint density at radius 1 is 1.10 bits per heavy atom. The molecule has 1 atom stereocenters. The van der Waals surface area contributed by atoms with Crippen LogP contribution in [0, 0.1) is 0 Å². The molecule has 0 radical (unpaired) electrons. The number of likely N-dealkylation sites (N-methyl/N-ethyl adjacent to an activating group) is 1. The highest BCUT2D eigenvalue weighted by atomic mass is 32.2. The van der Waals surface area contributed by atoms with E-state index in [4.69, 9.17) is 0 Å². The van der Waals surface area contributed by atoms with Crippen LogP contribution in [-0.4, -0.2) is 51.5 Å². The van der Waals surface area contributed by atoms with Crippen molar-refractivity contribution in [3.8, 4) is 11.4 Å². The molecule has 0 fully saturated rings. The Labute approximate surface area is 168 Å².